The molecule has 1 amide bonds. The second-order valence-corrected chi connectivity index (χ2v) is 4.20. The third-order valence-electron chi connectivity index (χ3n) is 2.23. The van der Waals surface area contributed by atoms with E-state index in [4.69, 9.17) is 0 Å². The summed E-state index contributed by atoms with van der Waals surface area (Å²) in [7, 11) is 0. The van der Waals surface area contributed by atoms with E-state index >= 15 is 0 Å². The van der Waals surface area contributed by atoms with Gasteiger partial charge in [0.1, 0.15) is 11.5 Å². The molecule has 4 nitrogen and oxygen atoms in total. The average molecular weight is 289 g/mol. The normalized spacial score (nSPS) is 11.0. The van der Waals surface area contributed by atoms with Gasteiger partial charge in [0.2, 0.25) is 5.91 Å². The molecule has 20 heavy (non-hydrogen) atoms. The van der Waals surface area contributed by atoms with E-state index in [1.54, 1.807) is 12.1 Å². The maximum Gasteiger partial charge on any atom is 0.422 e. The maximum atomic E-state index is 11.9. The number of amides is 1. The van der Waals surface area contributed by atoms with Crippen molar-refractivity contribution in [3.63, 3.8) is 0 Å². The Kier molecular flexibility index (Phi) is 5.54. The number of benzene rings is 1. The lowest BCUT2D eigenvalue weighted by Gasteiger charge is -2.10. The number of Topliss-reactive ketones (excluding diaryl/α,β-unsaturated/α-hetero) is 1. The molecular weight excluding hydrogens is 275 g/mol. The van der Waals surface area contributed by atoms with Gasteiger partial charge in [-0.1, -0.05) is 12.1 Å². The molecule has 110 valence electrons. The molecule has 0 unspecified atom stereocenters. The molecule has 0 aliphatic rings. The van der Waals surface area contributed by atoms with Crippen molar-refractivity contribution >= 4 is 11.7 Å². The first-order valence-corrected chi connectivity index (χ1v) is 5.81. The van der Waals surface area contributed by atoms with Crippen molar-refractivity contribution in [3.8, 4) is 5.75 Å². The fourth-order valence-electron chi connectivity index (χ4n) is 1.36. The van der Waals surface area contributed by atoms with E-state index in [2.05, 4.69) is 10.1 Å². The molecule has 0 aliphatic heterocycles. The van der Waals surface area contributed by atoms with Crippen molar-refractivity contribution in [1.82, 2.24) is 5.32 Å². The van der Waals surface area contributed by atoms with Gasteiger partial charge in [-0.05, 0) is 24.6 Å². The van der Waals surface area contributed by atoms with Gasteiger partial charge in [-0.15, -0.1) is 0 Å². The number of ketones is 1. The molecule has 1 rings (SSSR count). The minimum Gasteiger partial charge on any atom is -0.484 e. The maximum absolute atomic E-state index is 11.9. The highest BCUT2D eigenvalue weighted by Crippen LogP contribution is 2.18. The Bertz CT molecular complexity index is 469. The number of ether oxygens (including phenoxy) is 1. The Hall–Kier alpha value is -2.05. The lowest BCUT2D eigenvalue weighted by atomic mass is 10.2. The first kappa shape index (κ1) is 16.0. The molecule has 0 heterocycles. The number of hydrogen-bond acceptors (Lipinski definition) is 3. The second-order valence-electron chi connectivity index (χ2n) is 4.20. The van der Waals surface area contributed by atoms with Gasteiger partial charge >= 0.3 is 6.18 Å². The van der Waals surface area contributed by atoms with Gasteiger partial charge < -0.3 is 10.1 Å². The van der Waals surface area contributed by atoms with Crippen LogP contribution in [0.2, 0.25) is 0 Å². The SMILES string of the molecule is CC(=O)CC(=O)NCc1ccc(OCC(F)(F)F)cc1. The third-order valence-corrected chi connectivity index (χ3v) is 2.23. The summed E-state index contributed by atoms with van der Waals surface area (Å²) in [4.78, 5) is 21.9. The van der Waals surface area contributed by atoms with Crippen LogP contribution in [0.3, 0.4) is 0 Å². The fourth-order valence-corrected chi connectivity index (χ4v) is 1.36. The van der Waals surface area contributed by atoms with E-state index in [0.29, 0.717) is 5.56 Å². The topological polar surface area (TPSA) is 55.4 Å². The Labute approximate surface area is 113 Å². The lowest BCUT2D eigenvalue weighted by molar-refractivity contribution is -0.153. The Morgan fingerprint density at radius 3 is 2.30 bits per heavy atom. The Balaban J connectivity index is 2.42. The Morgan fingerprint density at radius 2 is 1.80 bits per heavy atom. The molecule has 0 aliphatic carbocycles. The van der Waals surface area contributed by atoms with Crippen molar-refractivity contribution in [2.45, 2.75) is 26.1 Å². The van der Waals surface area contributed by atoms with E-state index in [9.17, 15) is 22.8 Å². The highest BCUT2D eigenvalue weighted by atomic mass is 19.4. The summed E-state index contributed by atoms with van der Waals surface area (Å²) >= 11 is 0. The molecular formula is C13H14F3NO3. The molecule has 0 bridgehead atoms. The quantitative estimate of drug-likeness (QED) is 0.817. The predicted molar refractivity (Wildman–Crippen MR) is 65.1 cm³/mol. The zero-order valence-electron chi connectivity index (χ0n) is 10.8. The molecule has 1 aromatic rings. The van der Waals surface area contributed by atoms with E-state index in [0.717, 1.165) is 0 Å². The third kappa shape index (κ3) is 6.77. The standard InChI is InChI=1S/C13H14F3NO3/c1-9(18)6-12(19)17-7-10-2-4-11(5-3-10)20-8-13(14,15)16/h2-5H,6-8H2,1H3,(H,17,19). The van der Waals surface area contributed by atoms with Gasteiger partial charge in [0.15, 0.2) is 6.61 Å². The van der Waals surface area contributed by atoms with Gasteiger partial charge in [0, 0.05) is 6.54 Å². The molecule has 0 saturated heterocycles. The molecule has 1 aromatic carbocycles. The number of alkyl halides is 3. The van der Waals surface area contributed by atoms with Gasteiger partial charge in [-0.25, -0.2) is 0 Å². The summed E-state index contributed by atoms with van der Waals surface area (Å²) in [5.41, 5.74) is 0.696. The molecule has 0 atom stereocenters. The Morgan fingerprint density at radius 1 is 1.20 bits per heavy atom. The number of carbonyl (C=O) groups excluding carboxylic acids is 2. The highest BCUT2D eigenvalue weighted by molar-refractivity contribution is 5.96. The molecule has 1 N–H and O–H groups in total. The molecule has 0 spiro atoms. The number of halogens is 3. The van der Waals surface area contributed by atoms with Crippen LogP contribution >= 0.6 is 0 Å². The average Bonchev–Trinajstić information content (AvgIpc) is 2.33. The van der Waals surface area contributed by atoms with E-state index in [-0.39, 0.29) is 24.5 Å². The summed E-state index contributed by atoms with van der Waals surface area (Å²) in [6.45, 7) is 0.166. The predicted octanol–water partition coefficient (Wildman–Crippen LogP) is 2.22. The van der Waals surface area contributed by atoms with Gasteiger partial charge in [0.25, 0.3) is 0 Å². The first-order valence-electron chi connectivity index (χ1n) is 5.81. The van der Waals surface area contributed by atoms with Crippen LogP contribution < -0.4 is 10.1 Å². The highest BCUT2D eigenvalue weighted by Gasteiger charge is 2.28. The smallest absolute Gasteiger partial charge is 0.422 e. The van der Waals surface area contributed by atoms with Crippen LogP contribution in [0, 0.1) is 0 Å². The largest absolute Gasteiger partial charge is 0.484 e. The molecule has 0 radical (unpaired) electrons. The summed E-state index contributed by atoms with van der Waals surface area (Å²) in [6, 6.07) is 5.86. The van der Waals surface area contributed by atoms with E-state index in [1.807, 2.05) is 0 Å². The number of nitrogens with one attached hydrogen (secondary N) is 1. The van der Waals surface area contributed by atoms with Crippen LogP contribution in [-0.4, -0.2) is 24.5 Å². The molecule has 0 saturated carbocycles. The minimum atomic E-state index is -4.38. The van der Waals surface area contributed by atoms with Crippen LogP contribution in [0.25, 0.3) is 0 Å². The summed E-state index contributed by atoms with van der Waals surface area (Å²) in [5, 5.41) is 2.53. The van der Waals surface area contributed by atoms with Crippen molar-refractivity contribution < 1.29 is 27.5 Å². The van der Waals surface area contributed by atoms with E-state index in [1.165, 1.54) is 19.1 Å². The van der Waals surface area contributed by atoms with E-state index < -0.39 is 18.7 Å². The zero-order valence-corrected chi connectivity index (χ0v) is 10.8. The van der Waals surface area contributed by atoms with Crippen LogP contribution in [0.1, 0.15) is 18.9 Å². The summed E-state index contributed by atoms with van der Waals surface area (Å²) in [6.07, 6.45) is -4.56. The van der Waals surface area contributed by atoms with Crippen molar-refractivity contribution in [2.24, 2.45) is 0 Å². The first-order chi connectivity index (χ1) is 9.26. The van der Waals surface area contributed by atoms with Gasteiger partial charge in [-0.3, -0.25) is 9.59 Å². The number of rotatable bonds is 6. The number of carbonyl (C=O) groups is 2. The lowest BCUT2D eigenvalue weighted by Crippen LogP contribution is -2.24. The van der Waals surface area contributed by atoms with Crippen molar-refractivity contribution in [1.29, 1.82) is 0 Å². The summed E-state index contributed by atoms with van der Waals surface area (Å²) < 4.78 is 40.3. The van der Waals surface area contributed by atoms with Crippen LogP contribution in [-0.2, 0) is 16.1 Å². The van der Waals surface area contributed by atoms with Crippen molar-refractivity contribution in [3.05, 3.63) is 29.8 Å². The van der Waals surface area contributed by atoms with Gasteiger partial charge in [-0.2, -0.15) is 13.2 Å². The minimum absolute atomic E-state index is 0.0983. The van der Waals surface area contributed by atoms with Crippen LogP contribution in [0.5, 0.6) is 5.75 Å². The van der Waals surface area contributed by atoms with Crippen LogP contribution in [0.4, 0.5) is 13.2 Å². The monoisotopic (exact) mass is 289 g/mol. The fraction of sp³-hybridized carbons (Fsp3) is 0.385. The second kappa shape index (κ2) is 6.93. The zero-order chi connectivity index (χ0) is 15.2. The van der Waals surface area contributed by atoms with Crippen molar-refractivity contribution in [2.75, 3.05) is 6.61 Å². The molecule has 0 fully saturated rings. The molecule has 0 aromatic heterocycles. The molecule has 7 heteroatoms. The van der Waals surface area contributed by atoms with Crippen LogP contribution in [0.15, 0.2) is 24.3 Å². The summed E-state index contributed by atoms with van der Waals surface area (Å²) in [5.74, 6) is -0.533. The number of hydrogen-bond donors (Lipinski definition) is 1. The van der Waals surface area contributed by atoms with Gasteiger partial charge in [0.05, 0.1) is 6.42 Å².